The second-order valence-corrected chi connectivity index (χ2v) is 7.14. The van der Waals surface area contributed by atoms with Gasteiger partial charge in [0.1, 0.15) is 0 Å². The van der Waals surface area contributed by atoms with Gasteiger partial charge in [-0.05, 0) is 49.4 Å². The molecule has 0 spiro atoms. The maximum atomic E-state index is 3.96. The Balaban J connectivity index is 2.47. The van der Waals surface area contributed by atoms with Gasteiger partial charge in [-0.1, -0.05) is 41.5 Å². The highest BCUT2D eigenvalue weighted by atomic mass is 15.0. The van der Waals surface area contributed by atoms with Crippen molar-refractivity contribution in [1.29, 1.82) is 0 Å². The summed E-state index contributed by atoms with van der Waals surface area (Å²) >= 11 is 0. The predicted molar refractivity (Wildman–Crippen MR) is 77.2 cm³/mol. The van der Waals surface area contributed by atoms with Gasteiger partial charge in [-0.15, -0.1) is 0 Å². The quantitative estimate of drug-likeness (QED) is 0.721. The Kier molecular flexibility index (Phi) is 5.99. The van der Waals surface area contributed by atoms with E-state index in [4.69, 9.17) is 0 Å². The van der Waals surface area contributed by atoms with Crippen LogP contribution in [0.3, 0.4) is 0 Å². The molecule has 0 aromatic heterocycles. The zero-order valence-electron chi connectivity index (χ0n) is 12.8. The fourth-order valence-corrected chi connectivity index (χ4v) is 3.27. The van der Waals surface area contributed by atoms with E-state index in [0.29, 0.717) is 0 Å². The minimum atomic E-state index is 0.729. The maximum absolute atomic E-state index is 3.96. The van der Waals surface area contributed by atoms with Crippen molar-refractivity contribution in [2.45, 2.75) is 79.3 Å². The summed E-state index contributed by atoms with van der Waals surface area (Å²) in [6.45, 7) is 14.2. The smallest absolute Gasteiger partial charge is 0.00979 e. The third-order valence-electron chi connectivity index (χ3n) is 4.43. The van der Waals surface area contributed by atoms with E-state index >= 15 is 0 Å². The molecule has 1 N–H and O–H groups in total. The lowest BCUT2D eigenvalue weighted by atomic mass is 9.92. The van der Waals surface area contributed by atoms with Crippen LogP contribution in [0.15, 0.2) is 0 Å². The van der Waals surface area contributed by atoms with Crippen molar-refractivity contribution in [3.05, 3.63) is 0 Å². The zero-order chi connectivity index (χ0) is 13.0. The van der Waals surface area contributed by atoms with Crippen LogP contribution in [0.1, 0.15) is 67.2 Å². The van der Waals surface area contributed by atoms with Crippen molar-refractivity contribution >= 4 is 0 Å². The highest BCUT2D eigenvalue weighted by molar-refractivity contribution is 4.87. The maximum Gasteiger partial charge on any atom is 0.00979 e. The number of hydrogen-bond acceptors (Lipinski definition) is 1. The van der Waals surface area contributed by atoms with Gasteiger partial charge >= 0.3 is 0 Å². The van der Waals surface area contributed by atoms with E-state index in [1.807, 2.05) is 0 Å². The molecular weight excluding hydrogens is 206 g/mol. The van der Waals surface area contributed by atoms with Crippen molar-refractivity contribution in [2.75, 3.05) is 0 Å². The van der Waals surface area contributed by atoms with E-state index < -0.39 is 0 Å². The lowest BCUT2D eigenvalue weighted by molar-refractivity contribution is 0.286. The first-order valence-corrected chi connectivity index (χ1v) is 7.66. The third-order valence-corrected chi connectivity index (χ3v) is 4.43. The summed E-state index contributed by atoms with van der Waals surface area (Å²) in [4.78, 5) is 0. The Bertz CT molecular complexity index is 200. The van der Waals surface area contributed by atoms with Crippen molar-refractivity contribution < 1.29 is 0 Å². The molecule has 0 bridgehead atoms. The van der Waals surface area contributed by atoms with E-state index in [1.165, 1.54) is 25.7 Å². The van der Waals surface area contributed by atoms with Gasteiger partial charge < -0.3 is 5.32 Å². The van der Waals surface area contributed by atoms with Crippen LogP contribution in [-0.2, 0) is 0 Å². The van der Waals surface area contributed by atoms with Crippen molar-refractivity contribution in [2.24, 2.45) is 23.7 Å². The predicted octanol–water partition coefficient (Wildman–Crippen LogP) is 4.47. The monoisotopic (exact) mass is 239 g/mol. The minimum Gasteiger partial charge on any atom is -0.311 e. The van der Waals surface area contributed by atoms with E-state index in [1.54, 1.807) is 0 Å². The van der Waals surface area contributed by atoms with E-state index in [2.05, 4.69) is 46.9 Å². The highest BCUT2D eigenvalue weighted by Gasteiger charge is 2.31. The summed E-state index contributed by atoms with van der Waals surface area (Å²) in [5.41, 5.74) is 0. The van der Waals surface area contributed by atoms with Crippen molar-refractivity contribution in [3.8, 4) is 0 Å². The lowest BCUT2D eigenvalue weighted by Crippen LogP contribution is -2.41. The molecule has 0 aliphatic heterocycles. The number of rotatable bonds is 6. The molecule has 1 rings (SSSR count). The first-order valence-electron chi connectivity index (χ1n) is 7.66. The van der Waals surface area contributed by atoms with Crippen molar-refractivity contribution in [3.63, 3.8) is 0 Å². The topological polar surface area (TPSA) is 12.0 Å². The molecule has 3 atom stereocenters. The summed E-state index contributed by atoms with van der Waals surface area (Å²) in [5.74, 6) is 3.38. The Hall–Kier alpha value is -0.0400. The van der Waals surface area contributed by atoms with Gasteiger partial charge in [-0.2, -0.15) is 0 Å². The van der Waals surface area contributed by atoms with Gasteiger partial charge in [0.15, 0.2) is 0 Å². The number of nitrogens with one attached hydrogen (secondary N) is 1. The molecule has 1 saturated carbocycles. The van der Waals surface area contributed by atoms with Crippen LogP contribution in [0.4, 0.5) is 0 Å². The summed E-state index contributed by atoms with van der Waals surface area (Å²) in [5, 5.41) is 3.96. The molecule has 0 aromatic rings. The standard InChI is InChI=1S/C16H33N/c1-11(2)9-15(10-12(3)4)17-16-8-7-13(5)14(16)6/h11-17H,7-10H2,1-6H3. The molecule has 0 radical (unpaired) electrons. The van der Waals surface area contributed by atoms with Crippen LogP contribution in [0.25, 0.3) is 0 Å². The van der Waals surface area contributed by atoms with Crippen LogP contribution in [0, 0.1) is 23.7 Å². The molecule has 0 aromatic carbocycles. The van der Waals surface area contributed by atoms with Crippen molar-refractivity contribution in [1.82, 2.24) is 5.32 Å². The molecular formula is C16H33N. The zero-order valence-corrected chi connectivity index (χ0v) is 12.8. The van der Waals surface area contributed by atoms with Gasteiger partial charge in [0.2, 0.25) is 0 Å². The lowest BCUT2D eigenvalue weighted by Gasteiger charge is -2.29. The van der Waals surface area contributed by atoms with E-state index in [0.717, 1.165) is 35.8 Å². The number of hydrogen-bond donors (Lipinski definition) is 1. The second kappa shape index (κ2) is 6.78. The summed E-state index contributed by atoms with van der Waals surface area (Å²) in [6.07, 6.45) is 5.45. The molecule has 0 saturated heterocycles. The minimum absolute atomic E-state index is 0.729. The molecule has 0 amide bonds. The Morgan fingerprint density at radius 3 is 1.82 bits per heavy atom. The normalized spacial score (nSPS) is 29.8. The van der Waals surface area contributed by atoms with Crippen LogP contribution in [0.2, 0.25) is 0 Å². The van der Waals surface area contributed by atoms with Crippen LogP contribution in [-0.4, -0.2) is 12.1 Å². The molecule has 1 nitrogen and oxygen atoms in total. The fourth-order valence-electron chi connectivity index (χ4n) is 3.27. The summed E-state index contributed by atoms with van der Waals surface area (Å²) in [6, 6.07) is 1.50. The first kappa shape index (κ1) is 15.0. The molecule has 1 fully saturated rings. The molecule has 17 heavy (non-hydrogen) atoms. The average Bonchev–Trinajstić information content (AvgIpc) is 2.47. The Morgan fingerprint density at radius 1 is 0.941 bits per heavy atom. The van der Waals surface area contributed by atoms with Gasteiger partial charge in [-0.3, -0.25) is 0 Å². The van der Waals surface area contributed by atoms with Crippen LogP contribution in [0.5, 0.6) is 0 Å². The first-order chi connectivity index (χ1) is 7.90. The molecule has 1 heteroatoms. The molecule has 1 aliphatic rings. The molecule has 102 valence electrons. The van der Waals surface area contributed by atoms with Gasteiger partial charge in [0.25, 0.3) is 0 Å². The van der Waals surface area contributed by atoms with E-state index in [-0.39, 0.29) is 0 Å². The molecule has 0 heterocycles. The van der Waals surface area contributed by atoms with Crippen LogP contribution >= 0.6 is 0 Å². The highest BCUT2D eigenvalue weighted by Crippen LogP contribution is 2.32. The van der Waals surface area contributed by atoms with Gasteiger partial charge in [0.05, 0.1) is 0 Å². The molecule has 3 unspecified atom stereocenters. The largest absolute Gasteiger partial charge is 0.311 e. The van der Waals surface area contributed by atoms with Gasteiger partial charge in [-0.25, -0.2) is 0 Å². The SMILES string of the molecule is CC(C)CC(CC(C)C)NC1CCC(C)C1C. The van der Waals surface area contributed by atoms with Gasteiger partial charge in [0, 0.05) is 12.1 Å². The van der Waals surface area contributed by atoms with Crippen LogP contribution < -0.4 is 5.32 Å². The summed E-state index contributed by atoms with van der Waals surface area (Å²) < 4.78 is 0. The Labute approximate surface area is 109 Å². The summed E-state index contributed by atoms with van der Waals surface area (Å²) in [7, 11) is 0. The Morgan fingerprint density at radius 2 is 1.47 bits per heavy atom. The second-order valence-electron chi connectivity index (χ2n) is 7.14. The fraction of sp³-hybridized carbons (Fsp3) is 1.00. The average molecular weight is 239 g/mol. The van der Waals surface area contributed by atoms with E-state index in [9.17, 15) is 0 Å². The molecule has 1 aliphatic carbocycles. The third kappa shape index (κ3) is 4.99.